The number of hydrogen-bond acceptors (Lipinski definition) is 23. The number of rotatable bonds is 32. The summed E-state index contributed by atoms with van der Waals surface area (Å²) in [6, 6.07) is 29.0. The van der Waals surface area contributed by atoms with Crippen molar-refractivity contribution < 1.29 is 83.9 Å². The van der Waals surface area contributed by atoms with E-state index in [0.717, 1.165) is 186 Å². The lowest BCUT2D eigenvalue weighted by Gasteiger charge is -2.26. The average Bonchev–Trinajstić information content (AvgIpc) is 1.41. The number of nitrogens with zero attached hydrogens (tertiary/aromatic N) is 13. The van der Waals surface area contributed by atoms with Crippen LogP contribution in [0.5, 0.6) is 0 Å². The minimum atomic E-state index is -0.933. The van der Waals surface area contributed by atoms with E-state index in [9.17, 15) is 38.4 Å². The Labute approximate surface area is 731 Å². The second-order valence-electron chi connectivity index (χ2n) is 29.7. The Morgan fingerprint density at radius 3 is 0.896 bits per heavy atom. The smallest absolute Gasteiger partial charge is 0.337 e. The van der Waals surface area contributed by atoms with Crippen LogP contribution in [0, 0.1) is 6.92 Å². The highest BCUT2D eigenvalue weighted by Crippen LogP contribution is 2.15. The number of carboxylic acids is 8. The van der Waals surface area contributed by atoms with Crippen LogP contribution in [-0.2, 0) is 62.4 Å². The Morgan fingerprint density at radius 1 is 0.336 bits per heavy atom. The Morgan fingerprint density at radius 2 is 0.624 bits per heavy atom. The standard InChI is InChI=1S/C15H20N2O2.C13H18N2O2.C12H17N3O2.C12H16N2O3.C12H16N2O2.C11H13NO2.C10H11NO2.C9H9NO2/c18-15(19)5-3-4-13-6-7-14(16-12-13)8-11-17-9-1-2-10-17;16-13(17)11-4-5-12(14-10-11)6-9-15-7-2-1-3-8-15;16-12(17)10-1-2-11(14-9-10)3-6-15-7-4-13-5-8-15;15-12(16)10-1-2-11(13-9-10)3-4-14-5-7-17-8-6-14;15-12(16)10-3-4-11(13-9-10)5-8-14-6-1-2-7-14;1-2-10-7-6-9(8-12-10)4-3-5-11(13)14;1-8-5-6-9(7-11-8)3-2-4-10(12)13;11-9(12)5-1-3-8-4-2-6-10-7-8/h3-4,6-7,12H,1-2,5,8-11H2,(H,18,19);4-5,10H,1-3,6-9H2,(H,16,17);1-2,9,13H,3-8H2,(H,16,17);1-2,9H,3-8H2,(H,15,16);3-4,9H,1-2,5-8H2,(H,15,16);3-4,6-8H,2,5H2,1H3,(H,13,14);2-3,5-7H,4H2,1H3,(H,12,13);1-4,6-7H,5H2,(H,11,12)/b4-3+;;;;;4-3+;3-2+;3-1+. The molecule has 0 radical (unpaired) electrons. The molecule has 0 aromatic carbocycles. The first kappa shape index (κ1) is 101. The van der Waals surface area contributed by atoms with E-state index in [-0.39, 0.29) is 47.9 Å². The van der Waals surface area contributed by atoms with Gasteiger partial charge in [-0.05, 0) is 186 Å². The van der Waals surface area contributed by atoms with Crippen LogP contribution in [0.3, 0.4) is 0 Å². The molecule has 0 bridgehead atoms. The number of morpholine rings is 1. The number of ether oxygens (including phenoxy) is 1. The van der Waals surface area contributed by atoms with Crippen molar-refractivity contribution in [2.24, 2.45) is 0 Å². The Kier molecular flexibility index (Phi) is 48.9. The van der Waals surface area contributed by atoms with Gasteiger partial charge in [0, 0.05) is 200 Å². The van der Waals surface area contributed by atoms with Gasteiger partial charge in [-0.15, -0.1) is 0 Å². The molecular weight excluding hydrogens is 1600 g/mol. The number of carbonyl (C=O) groups is 8. The summed E-state index contributed by atoms with van der Waals surface area (Å²) in [5, 5.41) is 71.9. The summed E-state index contributed by atoms with van der Waals surface area (Å²) in [6.45, 7) is 24.0. The zero-order chi connectivity index (χ0) is 90.0. The summed E-state index contributed by atoms with van der Waals surface area (Å²) in [7, 11) is 0. The third-order valence-electron chi connectivity index (χ3n) is 20.0. The van der Waals surface area contributed by atoms with Gasteiger partial charge in [0.2, 0.25) is 0 Å². The van der Waals surface area contributed by atoms with Crippen molar-refractivity contribution in [1.29, 1.82) is 0 Å². The van der Waals surface area contributed by atoms with Crippen molar-refractivity contribution in [3.05, 3.63) is 262 Å². The quantitative estimate of drug-likeness (QED) is 0.0189. The van der Waals surface area contributed by atoms with Crippen molar-refractivity contribution in [1.82, 2.24) is 69.7 Å². The molecule has 31 heteroatoms. The molecule has 0 spiro atoms. The number of piperazine rings is 1. The number of likely N-dealkylation sites (tertiary alicyclic amines) is 3. The predicted octanol–water partition coefficient (Wildman–Crippen LogP) is 11.9. The van der Waals surface area contributed by atoms with Gasteiger partial charge in [-0.3, -0.25) is 63.9 Å². The lowest BCUT2D eigenvalue weighted by molar-refractivity contribution is -0.137. The van der Waals surface area contributed by atoms with Gasteiger partial charge in [0.1, 0.15) is 0 Å². The molecule has 668 valence electrons. The van der Waals surface area contributed by atoms with Crippen molar-refractivity contribution in [2.75, 3.05) is 124 Å². The van der Waals surface area contributed by atoms with E-state index < -0.39 is 47.8 Å². The van der Waals surface area contributed by atoms with Crippen molar-refractivity contribution in [2.45, 2.75) is 123 Å². The summed E-state index contributed by atoms with van der Waals surface area (Å²) in [5.41, 5.74) is 11.6. The number of aryl methyl sites for hydroxylation is 2. The number of aromatic nitrogens is 8. The highest BCUT2D eigenvalue weighted by Gasteiger charge is 2.17. The highest BCUT2D eigenvalue weighted by atomic mass is 16.5. The summed E-state index contributed by atoms with van der Waals surface area (Å²) in [6.07, 6.45) is 42.6. The number of nitrogens with one attached hydrogen (secondary N) is 1. The number of hydrogen-bond donors (Lipinski definition) is 9. The van der Waals surface area contributed by atoms with Crippen molar-refractivity contribution >= 4 is 72.1 Å². The number of piperidine rings is 1. The molecule has 0 atom stereocenters. The van der Waals surface area contributed by atoms with Crippen LogP contribution >= 0.6 is 0 Å². The molecule has 5 aliphatic rings. The molecule has 13 heterocycles. The van der Waals surface area contributed by atoms with E-state index in [2.05, 4.69) is 69.7 Å². The van der Waals surface area contributed by atoms with Crippen LogP contribution in [0.15, 0.2) is 177 Å². The van der Waals surface area contributed by atoms with Crippen LogP contribution in [-0.4, -0.2) is 277 Å². The largest absolute Gasteiger partial charge is 0.481 e. The average molecular weight is 1720 g/mol. The van der Waals surface area contributed by atoms with Gasteiger partial charge >= 0.3 is 47.8 Å². The molecule has 0 saturated carbocycles. The van der Waals surface area contributed by atoms with E-state index in [4.69, 9.17) is 45.6 Å². The lowest BCUT2D eigenvalue weighted by Crippen LogP contribution is -2.44. The third-order valence-corrected chi connectivity index (χ3v) is 20.0. The van der Waals surface area contributed by atoms with Gasteiger partial charge in [-0.2, -0.15) is 0 Å². The number of aromatic carboxylic acids is 4. The highest BCUT2D eigenvalue weighted by molar-refractivity contribution is 5.88. The van der Waals surface area contributed by atoms with Crippen LogP contribution in [0.1, 0.15) is 181 Å². The van der Waals surface area contributed by atoms with Gasteiger partial charge in [-0.25, -0.2) is 19.2 Å². The Balaban J connectivity index is 0.000000222. The van der Waals surface area contributed by atoms with Crippen LogP contribution < -0.4 is 5.32 Å². The number of aliphatic carboxylic acids is 4. The van der Waals surface area contributed by atoms with Gasteiger partial charge in [0.25, 0.3) is 0 Å². The van der Waals surface area contributed by atoms with Crippen LogP contribution in [0.2, 0.25) is 0 Å². The van der Waals surface area contributed by atoms with Gasteiger partial charge in [-0.1, -0.05) is 86.2 Å². The van der Waals surface area contributed by atoms with E-state index >= 15 is 0 Å². The molecule has 0 aliphatic carbocycles. The molecule has 5 fully saturated rings. The topological polar surface area (TPSA) is 439 Å². The second-order valence-corrected chi connectivity index (χ2v) is 29.7. The predicted molar refractivity (Wildman–Crippen MR) is 478 cm³/mol. The molecular formula is C94H120N14O17. The van der Waals surface area contributed by atoms with Gasteiger partial charge in [0.05, 0.1) is 61.2 Å². The summed E-state index contributed by atoms with van der Waals surface area (Å²) in [5.74, 6) is -6.97. The minimum absolute atomic E-state index is 0.0495. The normalized spacial score (nSPS) is 14.8. The van der Waals surface area contributed by atoms with E-state index in [0.29, 0.717) is 0 Å². The first-order valence-corrected chi connectivity index (χ1v) is 42.3. The zero-order valence-electron chi connectivity index (χ0n) is 71.6. The van der Waals surface area contributed by atoms with Crippen molar-refractivity contribution in [3.8, 4) is 0 Å². The van der Waals surface area contributed by atoms with Gasteiger partial charge in [0.15, 0.2) is 0 Å². The summed E-state index contributed by atoms with van der Waals surface area (Å²) < 4.78 is 5.27. The van der Waals surface area contributed by atoms with Crippen LogP contribution in [0.25, 0.3) is 24.3 Å². The molecule has 5 aliphatic heterocycles. The first-order valence-electron chi connectivity index (χ1n) is 42.3. The zero-order valence-corrected chi connectivity index (χ0v) is 71.6. The molecule has 31 nitrogen and oxygen atoms in total. The fourth-order valence-electron chi connectivity index (χ4n) is 12.8. The Bertz CT molecular complexity index is 4390. The fourth-order valence-corrected chi connectivity index (χ4v) is 12.8. The van der Waals surface area contributed by atoms with E-state index in [1.165, 1.54) is 109 Å². The minimum Gasteiger partial charge on any atom is -0.481 e. The molecule has 8 aromatic heterocycles. The van der Waals surface area contributed by atoms with Crippen molar-refractivity contribution in [3.63, 3.8) is 0 Å². The van der Waals surface area contributed by atoms with E-state index in [1.807, 2.05) is 62.4 Å². The van der Waals surface area contributed by atoms with Gasteiger partial charge < -0.3 is 70.5 Å². The molecule has 9 N–H and O–H groups in total. The Hall–Kier alpha value is -12.4. The fraction of sp³-hybridized carbons (Fsp3) is 0.404. The summed E-state index contributed by atoms with van der Waals surface area (Å²) in [4.78, 5) is 129. The molecule has 8 aromatic rings. The maximum Gasteiger partial charge on any atom is 0.337 e. The number of pyridine rings is 8. The maximum atomic E-state index is 10.7. The third kappa shape index (κ3) is 46.1. The summed E-state index contributed by atoms with van der Waals surface area (Å²) >= 11 is 0. The van der Waals surface area contributed by atoms with Crippen LogP contribution in [0.4, 0.5) is 0 Å². The SMILES string of the molecule is CCc1ccc(/C=C/CC(=O)O)cn1.Cc1ccc(/C=C/CC(=O)O)cn1.O=C(O)C/C=C/c1ccc(CCN2CCCC2)nc1.O=C(O)C/C=C/c1cccnc1.O=C(O)c1ccc(CCN2CCCC2)nc1.O=C(O)c1ccc(CCN2CCCCC2)nc1.O=C(O)c1ccc(CCN2CCNCC2)nc1.O=C(O)c1ccc(CCN2CCOCC2)nc1. The second kappa shape index (κ2) is 60.2. The molecule has 13 rings (SSSR count). The number of carboxylic acid groups (broad SMARTS) is 8. The lowest BCUT2D eigenvalue weighted by atomic mass is 10.1. The molecule has 0 amide bonds. The van der Waals surface area contributed by atoms with E-state index in [1.54, 1.807) is 128 Å². The first-order chi connectivity index (χ1) is 60.4. The molecule has 125 heavy (non-hydrogen) atoms. The molecule has 5 saturated heterocycles. The monoisotopic (exact) mass is 1720 g/mol. The molecule has 0 unspecified atom stereocenters. The maximum absolute atomic E-state index is 10.7.